The number of aliphatic hydroxyl groups is 2. The minimum atomic E-state index is -1.41. The first kappa shape index (κ1) is 25.2. The van der Waals surface area contributed by atoms with Gasteiger partial charge in [-0.15, -0.1) is 0 Å². The van der Waals surface area contributed by atoms with Gasteiger partial charge in [0.15, 0.2) is 6.23 Å². The topological polar surface area (TPSA) is 143 Å². The molecule has 4 atom stereocenters. The van der Waals surface area contributed by atoms with Crippen LogP contribution in [0.3, 0.4) is 0 Å². The van der Waals surface area contributed by atoms with Crippen molar-refractivity contribution in [1.29, 1.82) is 0 Å². The average Bonchev–Trinajstić information content (AvgIpc) is 3.16. The molecule has 1 fully saturated rings. The predicted octanol–water partition coefficient (Wildman–Crippen LogP) is 0.992. The zero-order chi connectivity index (χ0) is 25.8. The van der Waals surface area contributed by atoms with E-state index < -0.39 is 66.0 Å². The van der Waals surface area contributed by atoms with Crippen LogP contribution in [0.2, 0.25) is 0 Å². The Labute approximate surface area is 202 Å². The molecule has 4 rings (SSSR count). The first-order chi connectivity index (χ1) is 17.3. The zero-order valence-electron chi connectivity index (χ0n) is 18.7. The molecule has 1 aromatic heterocycles. The minimum Gasteiger partial charge on any atom is -0.449 e. The highest BCUT2D eigenvalue weighted by molar-refractivity contribution is 5.68. The summed E-state index contributed by atoms with van der Waals surface area (Å²) in [5, 5.41) is 22.5. The number of alkyl carbamates (subject to hydrolysis) is 1. The second kappa shape index (κ2) is 10.8. The van der Waals surface area contributed by atoms with Gasteiger partial charge in [-0.3, -0.25) is 14.3 Å². The van der Waals surface area contributed by atoms with Crippen molar-refractivity contribution in [3.05, 3.63) is 104 Å². The summed E-state index contributed by atoms with van der Waals surface area (Å²) in [5.41, 5.74) is -0.271. The molecule has 4 N–H and O–H groups in total. The number of aromatic amines is 1. The number of aromatic nitrogens is 2. The Kier molecular flexibility index (Phi) is 7.58. The molecular formula is C24H23F2N3O7. The monoisotopic (exact) mass is 503 g/mol. The maximum absolute atomic E-state index is 13.4. The molecule has 10 nitrogen and oxygen atoms in total. The van der Waals surface area contributed by atoms with Gasteiger partial charge in [0.2, 0.25) is 0 Å². The van der Waals surface area contributed by atoms with E-state index in [9.17, 15) is 33.4 Å². The molecule has 0 spiro atoms. The zero-order valence-corrected chi connectivity index (χ0v) is 18.7. The third-order valence-electron chi connectivity index (χ3n) is 5.89. The second-order valence-corrected chi connectivity index (χ2v) is 8.18. The molecule has 1 aliphatic rings. The number of benzene rings is 2. The molecule has 1 saturated heterocycles. The van der Waals surface area contributed by atoms with Crippen LogP contribution in [0.5, 0.6) is 0 Å². The average molecular weight is 503 g/mol. The van der Waals surface area contributed by atoms with Crippen LogP contribution in [0.1, 0.15) is 23.3 Å². The van der Waals surface area contributed by atoms with Gasteiger partial charge in [0.25, 0.3) is 5.56 Å². The first-order valence-electron chi connectivity index (χ1n) is 11.0. The van der Waals surface area contributed by atoms with Crippen molar-refractivity contribution in [3.8, 4) is 0 Å². The number of nitrogens with zero attached hydrogens (tertiary/aromatic N) is 1. The maximum Gasteiger partial charge on any atom is 0.407 e. The highest BCUT2D eigenvalue weighted by atomic mass is 19.1. The summed E-state index contributed by atoms with van der Waals surface area (Å²) < 4.78 is 38.7. The minimum absolute atomic E-state index is 0.223. The Morgan fingerprint density at radius 3 is 2.17 bits per heavy atom. The Morgan fingerprint density at radius 1 is 1.06 bits per heavy atom. The molecule has 0 saturated carbocycles. The van der Waals surface area contributed by atoms with E-state index in [0.717, 1.165) is 16.8 Å². The lowest BCUT2D eigenvalue weighted by atomic mass is 9.92. The Hall–Kier alpha value is -3.87. The summed E-state index contributed by atoms with van der Waals surface area (Å²) in [4.78, 5) is 38.4. The highest BCUT2D eigenvalue weighted by Gasteiger charge is 2.46. The molecule has 36 heavy (non-hydrogen) atoms. The SMILES string of the molecule is O=C(NC1C(O)[C@@H](CO)O[C@H]1n1ccc(=O)[nH]c1=O)OCC(c1ccc(F)cc1)c1ccc(F)cc1. The van der Waals surface area contributed by atoms with Crippen molar-refractivity contribution < 1.29 is 33.3 Å². The smallest absolute Gasteiger partial charge is 0.407 e. The maximum atomic E-state index is 13.4. The van der Waals surface area contributed by atoms with E-state index in [2.05, 4.69) is 10.3 Å². The highest BCUT2D eigenvalue weighted by Crippen LogP contribution is 2.29. The number of amides is 1. The number of nitrogens with one attached hydrogen (secondary N) is 2. The molecule has 0 radical (unpaired) electrons. The number of rotatable bonds is 7. The number of hydrogen-bond donors (Lipinski definition) is 4. The summed E-state index contributed by atoms with van der Waals surface area (Å²) in [6, 6.07) is 10.9. The third-order valence-corrected chi connectivity index (χ3v) is 5.89. The second-order valence-electron chi connectivity index (χ2n) is 8.18. The van der Waals surface area contributed by atoms with Crippen LogP contribution in [-0.4, -0.2) is 57.3 Å². The van der Waals surface area contributed by atoms with Gasteiger partial charge in [0, 0.05) is 18.2 Å². The van der Waals surface area contributed by atoms with E-state index in [0.29, 0.717) is 11.1 Å². The van der Waals surface area contributed by atoms with E-state index in [4.69, 9.17) is 9.47 Å². The lowest BCUT2D eigenvalue weighted by molar-refractivity contribution is -0.0469. The van der Waals surface area contributed by atoms with Gasteiger partial charge in [0.05, 0.1) is 6.61 Å². The Balaban J connectivity index is 1.52. The molecule has 1 aliphatic heterocycles. The van der Waals surface area contributed by atoms with Gasteiger partial charge in [-0.25, -0.2) is 18.4 Å². The number of hydrogen-bond acceptors (Lipinski definition) is 7. The van der Waals surface area contributed by atoms with Crippen LogP contribution in [0.4, 0.5) is 13.6 Å². The van der Waals surface area contributed by atoms with E-state index in [-0.39, 0.29) is 6.61 Å². The summed E-state index contributed by atoms with van der Waals surface area (Å²) in [6.45, 7) is -0.820. The molecular weight excluding hydrogens is 480 g/mol. The van der Waals surface area contributed by atoms with Crippen LogP contribution in [-0.2, 0) is 9.47 Å². The van der Waals surface area contributed by atoms with Crippen molar-refractivity contribution in [2.24, 2.45) is 0 Å². The van der Waals surface area contributed by atoms with E-state index >= 15 is 0 Å². The fourth-order valence-electron chi connectivity index (χ4n) is 4.03. The quantitative estimate of drug-likeness (QED) is 0.377. The third kappa shape index (κ3) is 5.51. The standard InChI is InChI=1S/C24H23F2N3O7/c25-15-5-1-13(2-6-15)17(14-3-7-16(26)8-4-14)12-35-24(34)28-20-21(32)18(11-30)36-22(20)29-10-9-19(31)27-23(29)33/h1-10,17-18,20-22,30,32H,11-12H2,(H,28,34)(H,27,31,33)/t18-,20?,21?,22-/m1/s1. The molecule has 0 bridgehead atoms. The van der Waals surface area contributed by atoms with Gasteiger partial charge in [0.1, 0.15) is 36.5 Å². The fourth-order valence-corrected chi connectivity index (χ4v) is 4.03. The van der Waals surface area contributed by atoms with Crippen molar-refractivity contribution in [3.63, 3.8) is 0 Å². The number of ether oxygens (including phenoxy) is 2. The van der Waals surface area contributed by atoms with E-state index in [1.54, 1.807) is 0 Å². The van der Waals surface area contributed by atoms with Gasteiger partial charge >= 0.3 is 11.8 Å². The predicted molar refractivity (Wildman–Crippen MR) is 121 cm³/mol. The molecule has 2 heterocycles. The largest absolute Gasteiger partial charge is 0.449 e. The van der Waals surface area contributed by atoms with E-state index in [1.165, 1.54) is 48.5 Å². The van der Waals surface area contributed by atoms with Crippen molar-refractivity contribution in [2.45, 2.75) is 30.4 Å². The number of carbonyl (C=O) groups is 1. The molecule has 3 aromatic rings. The number of carbonyl (C=O) groups excluding carboxylic acids is 1. The molecule has 0 aliphatic carbocycles. The molecule has 1 amide bonds. The molecule has 12 heteroatoms. The molecule has 2 unspecified atom stereocenters. The number of halogens is 2. The summed E-state index contributed by atoms with van der Waals surface area (Å²) >= 11 is 0. The van der Waals surface area contributed by atoms with Crippen LogP contribution < -0.4 is 16.6 Å². The lowest BCUT2D eigenvalue weighted by Gasteiger charge is -2.24. The van der Waals surface area contributed by atoms with Gasteiger partial charge in [-0.2, -0.15) is 0 Å². The Morgan fingerprint density at radius 2 is 1.64 bits per heavy atom. The summed E-state index contributed by atoms with van der Waals surface area (Å²) in [7, 11) is 0. The molecule has 2 aromatic carbocycles. The van der Waals surface area contributed by atoms with Crippen molar-refractivity contribution in [1.82, 2.24) is 14.9 Å². The van der Waals surface area contributed by atoms with Gasteiger partial charge < -0.3 is 25.0 Å². The van der Waals surface area contributed by atoms with E-state index in [1.807, 2.05) is 0 Å². The van der Waals surface area contributed by atoms with Crippen LogP contribution in [0.25, 0.3) is 0 Å². The lowest BCUT2D eigenvalue weighted by Crippen LogP contribution is -2.48. The summed E-state index contributed by atoms with van der Waals surface area (Å²) in [5.74, 6) is -1.47. The fraction of sp³-hybridized carbons (Fsp3) is 0.292. The van der Waals surface area contributed by atoms with Crippen LogP contribution in [0.15, 0.2) is 70.4 Å². The number of aliphatic hydroxyl groups excluding tert-OH is 2. The van der Waals surface area contributed by atoms with Gasteiger partial charge in [-0.05, 0) is 35.4 Å². The van der Waals surface area contributed by atoms with Gasteiger partial charge in [-0.1, -0.05) is 24.3 Å². The Bertz CT molecular complexity index is 1270. The molecule has 190 valence electrons. The summed E-state index contributed by atoms with van der Waals surface area (Å²) in [6.07, 6.45) is -3.61. The van der Waals surface area contributed by atoms with Crippen LogP contribution in [0, 0.1) is 11.6 Å². The first-order valence-corrected chi connectivity index (χ1v) is 11.0. The normalized spacial score (nSPS) is 21.5. The van der Waals surface area contributed by atoms with Crippen molar-refractivity contribution in [2.75, 3.05) is 13.2 Å². The van der Waals surface area contributed by atoms with Crippen LogP contribution >= 0.6 is 0 Å². The number of H-pyrrole nitrogens is 1. The van der Waals surface area contributed by atoms with Crippen molar-refractivity contribution >= 4 is 6.09 Å².